The molecule has 0 saturated heterocycles. The molecule has 0 aliphatic carbocycles. The maximum Gasteiger partial charge on any atom is 0.325 e. The number of para-hydroxylation sites is 1. The average molecular weight is 359 g/mol. The highest BCUT2D eigenvalue weighted by Gasteiger charge is 2.20. The summed E-state index contributed by atoms with van der Waals surface area (Å²) in [6.45, 7) is -0.540. The number of hydrogen-bond acceptors (Lipinski definition) is 5. The van der Waals surface area contributed by atoms with E-state index in [9.17, 15) is 9.59 Å². The number of carbonyl (C=O) groups excluding carboxylic acids is 1. The van der Waals surface area contributed by atoms with Crippen molar-refractivity contribution in [3.8, 4) is 0 Å². The van der Waals surface area contributed by atoms with Gasteiger partial charge in [-0.05, 0) is 24.1 Å². The SMILES string of the molecule is O=C(O)CN(OCC(=O)C(CS)Cc1ccccc1)c1ccccc1. The number of carboxylic acids is 1. The summed E-state index contributed by atoms with van der Waals surface area (Å²) in [5, 5.41) is 10.3. The highest BCUT2D eigenvalue weighted by Crippen LogP contribution is 2.15. The van der Waals surface area contributed by atoms with Gasteiger partial charge >= 0.3 is 5.97 Å². The van der Waals surface area contributed by atoms with Gasteiger partial charge in [0.15, 0.2) is 5.78 Å². The van der Waals surface area contributed by atoms with Crippen molar-refractivity contribution in [3.63, 3.8) is 0 Å². The van der Waals surface area contributed by atoms with Gasteiger partial charge in [-0.25, -0.2) is 5.06 Å². The van der Waals surface area contributed by atoms with E-state index in [-0.39, 0.29) is 24.9 Å². The molecule has 1 unspecified atom stereocenters. The molecular weight excluding hydrogens is 338 g/mol. The Labute approximate surface area is 152 Å². The largest absolute Gasteiger partial charge is 0.480 e. The standard InChI is InChI=1S/C19H21NO4S/c21-18(16(14-25)11-15-7-3-1-4-8-15)13-24-20(12-19(22)23)17-9-5-2-6-10-17/h1-10,16,25H,11-14H2,(H,22,23). The van der Waals surface area contributed by atoms with Crippen LogP contribution in [0.15, 0.2) is 60.7 Å². The lowest BCUT2D eigenvalue weighted by atomic mass is 9.97. The maximum absolute atomic E-state index is 12.5. The van der Waals surface area contributed by atoms with Crippen molar-refractivity contribution >= 4 is 30.1 Å². The van der Waals surface area contributed by atoms with Crippen LogP contribution >= 0.6 is 12.6 Å². The number of benzene rings is 2. The summed E-state index contributed by atoms with van der Waals surface area (Å²) in [7, 11) is 0. The molecule has 0 fully saturated rings. The van der Waals surface area contributed by atoms with E-state index < -0.39 is 5.97 Å². The first-order valence-corrected chi connectivity index (χ1v) is 8.58. The highest BCUT2D eigenvalue weighted by atomic mass is 32.1. The van der Waals surface area contributed by atoms with Crippen LogP contribution in [0, 0.1) is 5.92 Å². The first-order valence-electron chi connectivity index (χ1n) is 7.95. The highest BCUT2D eigenvalue weighted by molar-refractivity contribution is 7.80. The Balaban J connectivity index is 1.98. The van der Waals surface area contributed by atoms with E-state index in [1.807, 2.05) is 36.4 Å². The molecule has 0 spiro atoms. The van der Waals surface area contributed by atoms with Gasteiger partial charge < -0.3 is 5.11 Å². The van der Waals surface area contributed by atoms with Crippen LogP contribution in [0.1, 0.15) is 5.56 Å². The first kappa shape index (κ1) is 19.0. The molecule has 6 heteroatoms. The number of ketones is 1. The molecule has 1 atom stereocenters. The molecule has 0 saturated carbocycles. The average Bonchev–Trinajstić information content (AvgIpc) is 2.64. The summed E-state index contributed by atoms with van der Waals surface area (Å²) in [6.07, 6.45) is 0.580. The molecule has 2 aromatic rings. The molecule has 1 N–H and O–H groups in total. The third-order valence-electron chi connectivity index (χ3n) is 3.69. The number of rotatable bonds is 10. The summed E-state index contributed by atoms with van der Waals surface area (Å²) in [5.74, 6) is -1.02. The predicted molar refractivity (Wildman–Crippen MR) is 99.9 cm³/mol. The summed E-state index contributed by atoms with van der Waals surface area (Å²) in [4.78, 5) is 29.0. The fourth-order valence-electron chi connectivity index (χ4n) is 2.37. The molecule has 5 nitrogen and oxygen atoms in total. The number of thiol groups is 1. The molecule has 0 heterocycles. The molecule has 2 rings (SSSR count). The van der Waals surface area contributed by atoms with E-state index in [2.05, 4.69) is 12.6 Å². The van der Waals surface area contributed by atoms with E-state index in [4.69, 9.17) is 9.94 Å². The van der Waals surface area contributed by atoms with E-state index in [1.165, 1.54) is 5.06 Å². The second kappa shape index (κ2) is 9.86. The fourth-order valence-corrected chi connectivity index (χ4v) is 2.70. The van der Waals surface area contributed by atoms with Crippen LogP contribution in [0.3, 0.4) is 0 Å². The van der Waals surface area contributed by atoms with Gasteiger partial charge in [-0.2, -0.15) is 12.6 Å². The molecule has 0 aliphatic rings. The Bertz CT molecular complexity index is 678. The number of hydroxylamine groups is 1. The predicted octanol–water partition coefficient (Wildman–Crippen LogP) is 2.87. The number of anilines is 1. The molecule has 132 valence electrons. The molecule has 0 aliphatic heterocycles. The topological polar surface area (TPSA) is 66.8 Å². The Morgan fingerprint density at radius 2 is 1.64 bits per heavy atom. The van der Waals surface area contributed by atoms with Crippen molar-refractivity contribution < 1.29 is 19.5 Å². The van der Waals surface area contributed by atoms with Crippen LogP contribution in [0.25, 0.3) is 0 Å². The minimum atomic E-state index is -1.04. The van der Waals surface area contributed by atoms with Crippen molar-refractivity contribution in [2.45, 2.75) is 6.42 Å². The minimum Gasteiger partial charge on any atom is -0.480 e. The van der Waals surface area contributed by atoms with Gasteiger partial charge in [0.05, 0.1) is 5.69 Å². The Morgan fingerprint density at radius 1 is 1.04 bits per heavy atom. The zero-order valence-corrected chi connectivity index (χ0v) is 14.6. The number of carbonyl (C=O) groups is 2. The van der Waals surface area contributed by atoms with Crippen LogP contribution in [0.5, 0.6) is 0 Å². The van der Waals surface area contributed by atoms with E-state index in [0.717, 1.165) is 5.56 Å². The zero-order valence-electron chi connectivity index (χ0n) is 13.7. The number of Topliss-reactive ketones (excluding diaryl/α,β-unsaturated/α-hetero) is 1. The summed E-state index contributed by atoms with van der Waals surface area (Å²) in [5.41, 5.74) is 1.64. The minimum absolute atomic E-state index is 0.106. The van der Waals surface area contributed by atoms with Gasteiger partial charge in [0, 0.05) is 11.7 Å². The van der Waals surface area contributed by atoms with E-state index >= 15 is 0 Å². The lowest BCUT2D eigenvalue weighted by Gasteiger charge is -2.23. The summed E-state index contributed by atoms with van der Waals surface area (Å²) >= 11 is 4.27. The Morgan fingerprint density at radius 3 is 2.20 bits per heavy atom. The van der Waals surface area contributed by atoms with E-state index in [0.29, 0.717) is 17.9 Å². The number of carboxylic acid groups (broad SMARTS) is 1. The van der Waals surface area contributed by atoms with Gasteiger partial charge in [0.25, 0.3) is 0 Å². The summed E-state index contributed by atoms with van der Waals surface area (Å²) < 4.78 is 0. The second-order valence-electron chi connectivity index (χ2n) is 5.57. The van der Waals surface area contributed by atoms with Crippen molar-refractivity contribution in [1.29, 1.82) is 0 Å². The van der Waals surface area contributed by atoms with Crippen LogP contribution in [0.2, 0.25) is 0 Å². The second-order valence-corrected chi connectivity index (χ2v) is 5.94. The van der Waals surface area contributed by atoms with Gasteiger partial charge in [-0.3, -0.25) is 14.4 Å². The van der Waals surface area contributed by atoms with Crippen molar-refractivity contribution in [2.75, 3.05) is 24.0 Å². The monoisotopic (exact) mass is 359 g/mol. The lowest BCUT2D eigenvalue weighted by molar-refractivity contribution is -0.138. The molecule has 0 bridgehead atoms. The number of hydrogen-bond donors (Lipinski definition) is 2. The van der Waals surface area contributed by atoms with Crippen molar-refractivity contribution in [2.24, 2.45) is 5.92 Å². The van der Waals surface area contributed by atoms with Crippen LogP contribution in [-0.2, 0) is 20.8 Å². The lowest BCUT2D eigenvalue weighted by Crippen LogP contribution is -2.34. The zero-order chi connectivity index (χ0) is 18.1. The van der Waals surface area contributed by atoms with Gasteiger partial charge in [0.2, 0.25) is 0 Å². The Hall–Kier alpha value is -2.31. The van der Waals surface area contributed by atoms with Gasteiger partial charge in [0.1, 0.15) is 13.2 Å². The van der Waals surface area contributed by atoms with Gasteiger partial charge in [-0.15, -0.1) is 0 Å². The number of aliphatic carboxylic acids is 1. The maximum atomic E-state index is 12.5. The third-order valence-corrected chi connectivity index (χ3v) is 4.13. The van der Waals surface area contributed by atoms with Gasteiger partial charge in [-0.1, -0.05) is 48.5 Å². The summed E-state index contributed by atoms with van der Waals surface area (Å²) in [6, 6.07) is 18.5. The smallest absolute Gasteiger partial charge is 0.325 e. The van der Waals surface area contributed by atoms with Crippen molar-refractivity contribution in [3.05, 3.63) is 66.2 Å². The number of nitrogens with zero attached hydrogens (tertiary/aromatic N) is 1. The molecule has 25 heavy (non-hydrogen) atoms. The first-order chi connectivity index (χ1) is 12.1. The molecule has 0 aromatic heterocycles. The third kappa shape index (κ3) is 6.25. The molecule has 0 radical (unpaired) electrons. The van der Waals surface area contributed by atoms with Crippen molar-refractivity contribution in [1.82, 2.24) is 0 Å². The molecule has 2 aromatic carbocycles. The molecular formula is C19H21NO4S. The molecule has 0 amide bonds. The van der Waals surface area contributed by atoms with Crippen LogP contribution in [0.4, 0.5) is 5.69 Å². The van der Waals surface area contributed by atoms with E-state index in [1.54, 1.807) is 24.3 Å². The van der Waals surface area contributed by atoms with Crippen LogP contribution in [-0.4, -0.2) is 35.8 Å². The Kier molecular flexibility index (Phi) is 7.50. The fraction of sp³-hybridized carbons (Fsp3) is 0.263. The quantitative estimate of drug-likeness (QED) is 0.504. The van der Waals surface area contributed by atoms with Crippen LogP contribution < -0.4 is 5.06 Å². The normalized spacial score (nSPS) is 11.7.